The van der Waals surface area contributed by atoms with Gasteiger partial charge in [-0.1, -0.05) is 0 Å². The summed E-state index contributed by atoms with van der Waals surface area (Å²) in [7, 11) is -3.61. The van der Waals surface area contributed by atoms with Crippen molar-refractivity contribution >= 4 is 21.5 Å². The van der Waals surface area contributed by atoms with Crippen molar-refractivity contribution in [2.45, 2.75) is 49.2 Å². The third kappa shape index (κ3) is 6.25. The Morgan fingerprint density at radius 2 is 1.63 bits per heavy atom. The summed E-state index contributed by atoms with van der Waals surface area (Å²) in [5.74, 6) is 1.02. The number of halogens is 3. The van der Waals surface area contributed by atoms with Gasteiger partial charge in [-0.25, -0.2) is 13.4 Å². The molecule has 7 nitrogen and oxygen atoms in total. The summed E-state index contributed by atoms with van der Waals surface area (Å²) in [6.07, 6.45) is 0.705. The molecule has 2 saturated heterocycles. The molecule has 2 aliphatic rings. The molecular weight excluding hydrogens is 479 g/mol. The van der Waals surface area contributed by atoms with E-state index in [0.29, 0.717) is 37.7 Å². The first-order valence-corrected chi connectivity index (χ1v) is 13.5. The third-order valence-corrected chi connectivity index (χ3v) is 8.84. The Balaban J connectivity index is 1.30. The summed E-state index contributed by atoms with van der Waals surface area (Å²) in [6.45, 7) is 3.28. The van der Waals surface area contributed by atoms with Crippen LogP contribution in [0.25, 0.3) is 0 Å². The lowest BCUT2D eigenvalue weighted by atomic mass is 9.93. The molecule has 192 valence electrons. The van der Waals surface area contributed by atoms with Crippen LogP contribution in [0.15, 0.2) is 47.5 Å². The van der Waals surface area contributed by atoms with Crippen molar-refractivity contribution in [2.75, 3.05) is 42.9 Å². The highest BCUT2D eigenvalue weighted by atomic mass is 32.2. The van der Waals surface area contributed by atoms with E-state index in [-0.39, 0.29) is 10.9 Å². The minimum atomic E-state index is -4.43. The Kier molecular flexibility index (Phi) is 7.87. The molecule has 1 aromatic heterocycles. The number of hydrogen-bond donors (Lipinski definition) is 2. The molecule has 2 fully saturated rings. The van der Waals surface area contributed by atoms with Crippen molar-refractivity contribution in [2.24, 2.45) is 11.7 Å². The van der Waals surface area contributed by atoms with Crippen LogP contribution in [-0.4, -0.2) is 56.5 Å². The van der Waals surface area contributed by atoms with Crippen molar-refractivity contribution in [1.82, 2.24) is 9.29 Å². The van der Waals surface area contributed by atoms with Crippen molar-refractivity contribution < 1.29 is 21.6 Å². The van der Waals surface area contributed by atoms with Crippen LogP contribution in [0, 0.1) is 5.92 Å². The molecule has 0 spiro atoms. The number of alkyl halides is 3. The molecule has 35 heavy (non-hydrogen) atoms. The molecule has 4 rings (SSSR count). The lowest BCUT2D eigenvalue weighted by Gasteiger charge is -2.34. The van der Waals surface area contributed by atoms with Crippen LogP contribution in [0.2, 0.25) is 0 Å². The summed E-state index contributed by atoms with van der Waals surface area (Å²) in [5.41, 5.74) is 5.90. The number of hydrogen-bond acceptors (Lipinski definition) is 6. The third-order valence-electron chi connectivity index (χ3n) is 6.93. The average Bonchev–Trinajstić information content (AvgIpc) is 2.85. The van der Waals surface area contributed by atoms with Crippen molar-refractivity contribution in [3.05, 3.63) is 48.2 Å². The van der Waals surface area contributed by atoms with E-state index < -0.39 is 21.8 Å². The van der Waals surface area contributed by atoms with Gasteiger partial charge in [-0.3, -0.25) is 0 Å². The fourth-order valence-corrected chi connectivity index (χ4v) is 6.26. The highest BCUT2D eigenvalue weighted by Gasteiger charge is 2.32. The second-order valence-corrected chi connectivity index (χ2v) is 11.2. The Morgan fingerprint density at radius 1 is 0.971 bits per heavy atom. The van der Waals surface area contributed by atoms with Gasteiger partial charge in [0.2, 0.25) is 10.0 Å². The zero-order chi connectivity index (χ0) is 25.1. The van der Waals surface area contributed by atoms with E-state index in [0.717, 1.165) is 56.8 Å². The van der Waals surface area contributed by atoms with Gasteiger partial charge in [0.1, 0.15) is 5.82 Å². The maximum atomic E-state index is 13.1. The van der Waals surface area contributed by atoms with E-state index in [9.17, 15) is 21.6 Å². The summed E-state index contributed by atoms with van der Waals surface area (Å²) in [5, 5.41) is 3.11. The van der Waals surface area contributed by atoms with Crippen LogP contribution in [0.3, 0.4) is 0 Å². The number of nitrogens with zero attached hydrogens (tertiary/aromatic N) is 3. The number of rotatable bonds is 7. The van der Waals surface area contributed by atoms with Gasteiger partial charge in [0.05, 0.1) is 10.5 Å². The Morgan fingerprint density at radius 3 is 2.17 bits per heavy atom. The number of anilines is 2. The number of aromatic nitrogens is 1. The van der Waals surface area contributed by atoms with E-state index in [1.54, 1.807) is 12.1 Å². The van der Waals surface area contributed by atoms with E-state index in [2.05, 4.69) is 15.2 Å². The molecule has 0 atom stereocenters. The summed E-state index contributed by atoms with van der Waals surface area (Å²) >= 11 is 0. The number of sulfonamides is 1. The predicted octanol–water partition coefficient (Wildman–Crippen LogP) is 3.93. The molecule has 3 heterocycles. The number of pyridine rings is 1. The molecule has 0 saturated carbocycles. The summed E-state index contributed by atoms with van der Waals surface area (Å²) in [4.78, 5) is 6.40. The van der Waals surface area contributed by atoms with Gasteiger partial charge in [0.25, 0.3) is 0 Å². The van der Waals surface area contributed by atoms with Gasteiger partial charge in [0, 0.05) is 44.1 Å². The molecule has 3 N–H and O–H groups in total. The van der Waals surface area contributed by atoms with E-state index >= 15 is 0 Å². The fraction of sp³-hybridized carbons (Fsp3) is 0.542. The maximum Gasteiger partial charge on any atom is 0.417 e. The quantitative estimate of drug-likeness (QED) is 0.585. The molecule has 2 aromatic rings. The standard InChI is InChI=1S/C24H32F3N5O2S/c25-24(26,27)19-1-6-23(29-17-19)30-20-10-15-32(16-11-20)35(33,34)22-4-2-21(3-5-22)31-13-8-18(7-12-28)9-14-31/h1-6,17-18,20H,7-16,28H2,(H,29,30). The Labute approximate surface area is 204 Å². The average molecular weight is 512 g/mol. The molecule has 2 aliphatic heterocycles. The molecule has 0 radical (unpaired) electrons. The van der Waals surface area contributed by atoms with Gasteiger partial charge in [0.15, 0.2) is 0 Å². The van der Waals surface area contributed by atoms with E-state index in [4.69, 9.17) is 5.73 Å². The van der Waals surface area contributed by atoms with Crippen molar-refractivity contribution in [3.8, 4) is 0 Å². The van der Waals surface area contributed by atoms with Gasteiger partial charge < -0.3 is 16.0 Å². The van der Waals surface area contributed by atoms with Gasteiger partial charge in [-0.2, -0.15) is 17.5 Å². The Bertz CT molecular complexity index is 1060. The monoisotopic (exact) mass is 511 g/mol. The molecular formula is C24H32F3N5O2S. The largest absolute Gasteiger partial charge is 0.417 e. The van der Waals surface area contributed by atoms with Crippen LogP contribution in [0.5, 0.6) is 0 Å². The number of nitrogens with one attached hydrogen (secondary N) is 1. The Hall–Kier alpha value is -2.37. The maximum absolute atomic E-state index is 13.1. The number of nitrogens with two attached hydrogens (primary N) is 1. The fourth-order valence-electron chi connectivity index (χ4n) is 4.79. The SMILES string of the molecule is NCCC1CCN(c2ccc(S(=O)(=O)N3CCC(Nc4ccc(C(F)(F)F)cn4)CC3)cc2)CC1. The van der Waals surface area contributed by atoms with Crippen molar-refractivity contribution in [1.29, 1.82) is 0 Å². The molecule has 0 bridgehead atoms. The summed E-state index contributed by atoms with van der Waals surface area (Å²) in [6, 6.07) is 9.33. The van der Waals surface area contributed by atoms with Crippen LogP contribution in [0.1, 0.15) is 37.7 Å². The molecule has 1 aromatic carbocycles. The first-order chi connectivity index (χ1) is 16.7. The van der Waals surface area contributed by atoms with Crippen molar-refractivity contribution in [3.63, 3.8) is 0 Å². The van der Waals surface area contributed by atoms with E-state index in [1.165, 1.54) is 10.4 Å². The second-order valence-electron chi connectivity index (χ2n) is 9.25. The topological polar surface area (TPSA) is 91.6 Å². The molecule has 0 aliphatic carbocycles. The minimum absolute atomic E-state index is 0.0599. The molecule has 0 unspecified atom stereocenters. The zero-order valence-electron chi connectivity index (χ0n) is 19.5. The normalized spacial score (nSPS) is 19.1. The van der Waals surface area contributed by atoms with Crippen LogP contribution in [-0.2, 0) is 16.2 Å². The minimum Gasteiger partial charge on any atom is -0.372 e. The number of piperidine rings is 2. The first kappa shape index (κ1) is 25.7. The van der Waals surface area contributed by atoms with Crippen LogP contribution < -0.4 is 16.0 Å². The van der Waals surface area contributed by atoms with Gasteiger partial charge >= 0.3 is 6.18 Å². The highest BCUT2D eigenvalue weighted by molar-refractivity contribution is 7.89. The van der Waals surface area contributed by atoms with E-state index in [1.807, 2.05) is 12.1 Å². The molecule has 0 amide bonds. The van der Waals surface area contributed by atoms with Crippen LogP contribution >= 0.6 is 0 Å². The highest BCUT2D eigenvalue weighted by Crippen LogP contribution is 2.30. The smallest absolute Gasteiger partial charge is 0.372 e. The number of benzene rings is 1. The summed E-state index contributed by atoms with van der Waals surface area (Å²) < 4.78 is 65.9. The lowest BCUT2D eigenvalue weighted by Crippen LogP contribution is -2.42. The molecule has 11 heteroatoms. The lowest BCUT2D eigenvalue weighted by molar-refractivity contribution is -0.137. The zero-order valence-corrected chi connectivity index (χ0v) is 20.4. The van der Waals surface area contributed by atoms with Gasteiger partial charge in [-0.15, -0.1) is 0 Å². The second kappa shape index (κ2) is 10.7. The van der Waals surface area contributed by atoms with Gasteiger partial charge in [-0.05, 0) is 81.0 Å². The predicted molar refractivity (Wildman–Crippen MR) is 130 cm³/mol. The van der Waals surface area contributed by atoms with Crippen LogP contribution in [0.4, 0.5) is 24.7 Å². The first-order valence-electron chi connectivity index (χ1n) is 12.0.